The molecule has 0 saturated heterocycles. The molecular weight excluding hydrogens is 426 g/mol. The van der Waals surface area contributed by atoms with Crippen molar-refractivity contribution in [2.75, 3.05) is 0 Å². The number of benzene rings is 3. The van der Waals surface area contributed by atoms with Gasteiger partial charge in [-0.2, -0.15) is 5.26 Å². The number of ether oxygens (including phenoxy) is 1. The number of rotatable bonds is 6. The molecule has 34 heavy (non-hydrogen) atoms. The summed E-state index contributed by atoms with van der Waals surface area (Å²) in [5, 5.41) is 21.0. The number of hydrogen-bond acceptors (Lipinski definition) is 5. The summed E-state index contributed by atoms with van der Waals surface area (Å²) < 4.78 is 5.75. The molecule has 2 atom stereocenters. The molecular formula is C29H27NO4. The Morgan fingerprint density at radius 1 is 1.06 bits per heavy atom. The van der Waals surface area contributed by atoms with Crippen molar-refractivity contribution in [3.05, 3.63) is 101 Å². The normalized spacial score (nSPS) is 19.3. The van der Waals surface area contributed by atoms with Gasteiger partial charge < -0.3 is 9.84 Å². The highest BCUT2D eigenvalue weighted by molar-refractivity contribution is 6.08. The minimum atomic E-state index is -1.70. The summed E-state index contributed by atoms with van der Waals surface area (Å²) in [6.45, 7) is 3.68. The maximum absolute atomic E-state index is 13.9. The number of carbonyl (C=O) groups is 2. The van der Waals surface area contributed by atoms with E-state index in [1.807, 2.05) is 49.4 Å². The summed E-state index contributed by atoms with van der Waals surface area (Å²) in [5.74, 6) is -0.900. The Hall–Kier alpha value is -3.91. The van der Waals surface area contributed by atoms with Gasteiger partial charge in [-0.05, 0) is 55.0 Å². The van der Waals surface area contributed by atoms with E-state index in [0.29, 0.717) is 23.1 Å². The highest BCUT2D eigenvalue weighted by atomic mass is 16.5. The molecule has 1 N–H and O–H groups in total. The van der Waals surface area contributed by atoms with Crippen molar-refractivity contribution in [3.63, 3.8) is 0 Å². The van der Waals surface area contributed by atoms with Crippen molar-refractivity contribution in [3.8, 4) is 11.8 Å². The second-order valence-electron chi connectivity index (χ2n) is 8.97. The van der Waals surface area contributed by atoms with E-state index < -0.39 is 16.8 Å². The van der Waals surface area contributed by atoms with Crippen LogP contribution in [0.5, 0.6) is 5.75 Å². The number of nitriles is 1. The fraction of sp³-hybridized carbons (Fsp3) is 0.276. The zero-order chi connectivity index (χ0) is 24.3. The molecule has 5 heteroatoms. The molecule has 172 valence electrons. The average molecular weight is 454 g/mol. The summed E-state index contributed by atoms with van der Waals surface area (Å²) in [5.41, 5.74) is 0.0855. The van der Waals surface area contributed by atoms with Crippen LogP contribution in [0, 0.1) is 30.6 Å². The van der Waals surface area contributed by atoms with Gasteiger partial charge in [-0.3, -0.25) is 9.59 Å². The van der Waals surface area contributed by atoms with Crippen LogP contribution in [0.1, 0.15) is 47.1 Å². The van der Waals surface area contributed by atoms with Crippen molar-refractivity contribution in [1.82, 2.24) is 0 Å². The summed E-state index contributed by atoms with van der Waals surface area (Å²) in [6, 6.07) is 23.8. The second-order valence-corrected chi connectivity index (χ2v) is 8.97. The van der Waals surface area contributed by atoms with Gasteiger partial charge in [0.05, 0.1) is 6.07 Å². The van der Waals surface area contributed by atoms with E-state index in [1.165, 1.54) is 6.07 Å². The molecule has 1 fully saturated rings. The van der Waals surface area contributed by atoms with Crippen molar-refractivity contribution < 1.29 is 19.4 Å². The molecule has 0 bridgehead atoms. The lowest BCUT2D eigenvalue weighted by molar-refractivity contribution is -0.163. The van der Waals surface area contributed by atoms with Gasteiger partial charge in [-0.15, -0.1) is 0 Å². The summed E-state index contributed by atoms with van der Waals surface area (Å²) in [7, 11) is 0. The van der Waals surface area contributed by atoms with E-state index in [-0.39, 0.29) is 31.0 Å². The maximum Gasteiger partial charge on any atom is 0.322 e. The zero-order valence-corrected chi connectivity index (χ0v) is 19.4. The molecule has 3 aromatic rings. The first-order valence-electron chi connectivity index (χ1n) is 11.4. The first-order chi connectivity index (χ1) is 16.3. The number of carbonyl (C=O) groups excluding carboxylic acids is 2. The van der Waals surface area contributed by atoms with Crippen LogP contribution in [0.3, 0.4) is 0 Å². The smallest absolute Gasteiger partial charge is 0.322 e. The van der Waals surface area contributed by atoms with E-state index in [1.54, 1.807) is 31.2 Å². The molecule has 0 aliphatic heterocycles. The molecule has 0 spiro atoms. The Kier molecular flexibility index (Phi) is 6.26. The molecule has 3 aromatic carbocycles. The molecule has 0 heterocycles. The minimum absolute atomic E-state index is 0.0126. The van der Waals surface area contributed by atoms with Crippen LogP contribution in [0.15, 0.2) is 72.8 Å². The standard InChI is InChI=1S/C29H27NO4/c1-20-10-12-23(13-11-20)29(19-30,24-14-15-25(31)21(2)17-24)28(16-6-9-26(28)32)27(33)34-18-22-7-4-3-5-8-22/h3-5,7-8,10-15,17,31H,6,9,16,18H2,1-2H3/t28-,29-/m0/s1. The van der Waals surface area contributed by atoms with Crippen molar-refractivity contribution in [2.45, 2.75) is 45.1 Å². The van der Waals surface area contributed by atoms with Crippen molar-refractivity contribution >= 4 is 11.8 Å². The Morgan fingerprint density at radius 3 is 2.32 bits per heavy atom. The van der Waals surface area contributed by atoms with Crippen LogP contribution in [0.4, 0.5) is 0 Å². The van der Waals surface area contributed by atoms with Crippen LogP contribution in [-0.4, -0.2) is 16.9 Å². The number of ketones is 1. The van der Waals surface area contributed by atoms with E-state index in [9.17, 15) is 20.0 Å². The molecule has 5 nitrogen and oxygen atoms in total. The highest BCUT2D eigenvalue weighted by Crippen LogP contribution is 2.55. The number of esters is 1. The summed E-state index contributed by atoms with van der Waals surface area (Å²) in [4.78, 5) is 27.5. The lowest BCUT2D eigenvalue weighted by Gasteiger charge is -2.42. The molecule has 1 aliphatic rings. The molecule has 1 aliphatic carbocycles. The van der Waals surface area contributed by atoms with Crippen LogP contribution < -0.4 is 0 Å². The Balaban J connectivity index is 1.93. The third kappa shape index (κ3) is 3.66. The van der Waals surface area contributed by atoms with Gasteiger partial charge in [0.2, 0.25) is 0 Å². The largest absolute Gasteiger partial charge is 0.508 e. The number of Topliss-reactive ketones (excluding diaryl/α,β-unsaturated/α-hetero) is 1. The highest BCUT2D eigenvalue weighted by Gasteiger charge is 2.66. The maximum atomic E-state index is 13.9. The van der Waals surface area contributed by atoms with Gasteiger partial charge in [0.1, 0.15) is 17.8 Å². The first kappa shape index (κ1) is 23.3. The fourth-order valence-electron chi connectivity index (χ4n) is 5.06. The van der Waals surface area contributed by atoms with E-state index in [0.717, 1.165) is 11.1 Å². The third-order valence-corrected chi connectivity index (χ3v) is 6.92. The number of phenolic OH excluding ortho intramolecular Hbond substituents is 1. The quantitative estimate of drug-likeness (QED) is 0.404. The van der Waals surface area contributed by atoms with Crippen molar-refractivity contribution in [1.29, 1.82) is 5.26 Å². The monoisotopic (exact) mass is 453 g/mol. The van der Waals surface area contributed by atoms with Gasteiger partial charge in [0.15, 0.2) is 11.2 Å². The predicted octanol–water partition coefficient (Wildman–Crippen LogP) is 5.30. The summed E-state index contributed by atoms with van der Waals surface area (Å²) >= 11 is 0. The van der Waals surface area contributed by atoms with Crippen LogP contribution in [0.2, 0.25) is 0 Å². The fourth-order valence-corrected chi connectivity index (χ4v) is 5.06. The predicted molar refractivity (Wildman–Crippen MR) is 128 cm³/mol. The average Bonchev–Trinajstić information content (AvgIpc) is 3.24. The second kappa shape index (κ2) is 9.15. The van der Waals surface area contributed by atoms with Gasteiger partial charge >= 0.3 is 5.97 Å². The Labute approximate surface area is 199 Å². The van der Waals surface area contributed by atoms with Crippen LogP contribution >= 0.6 is 0 Å². The van der Waals surface area contributed by atoms with E-state index in [4.69, 9.17) is 4.74 Å². The molecule has 1 saturated carbocycles. The van der Waals surface area contributed by atoms with Gasteiger partial charge in [-0.1, -0.05) is 72.3 Å². The minimum Gasteiger partial charge on any atom is -0.508 e. The van der Waals surface area contributed by atoms with Gasteiger partial charge in [0, 0.05) is 6.42 Å². The number of hydrogen-bond donors (Lipinski definition) is 1. The number of aryl methyl sites for hydroxylation is 2. The third-order valence-electron chi connectivity index (χ3n) is 6.92. The Morgan fingerprint density at radius 2 is 1.74 bits per heavy atom. The summed E-state index contributed by atoms with van der Waals surface area (Å²) in [6.07, 6.45) is 0.902. The molecule has 4 rings (SSSR count). The molecule has 0 radical (unpaired) electrons. The zero-order valence-electron chi connectivity index (χ0n) is 19.4. The molecule has 0 aromatic heterocycles. The molecule has 0 amide bonds. The van der Waals surface area contributed by atoms with E-state index >= 15 is 0 Å². The van der Waals surface area contributed by atoms with Crippen LogP contribution in [0.25, 0.3) is 0 Å². The van der Waals surface area contributed by atoms with Crippen molar-refractivity contribution in [2.24, 2.45) is 5.41 Å². The first-order valence-corrected chi connectivity index (χ1v) is 11.4. The Bertz CT molecular complexity index is 1260. The molecule has 0 unspecified atom stereocenters. The SMILES string of the molecule is Cc1ccc([C@@](C#N)(c2ccc(O)c(C)c2)[C@@]2(C(=O)OCc3ccccc3)CCCC2=O)cc1. The van der Waals surface area contributed by atoms with E-state index in [2.05, 4.69) is 6.07 Å². The number of aromatic hydroxyl groups is 1. The van der Waals surface area contributed by atoms with Gasteiger partial charge in [0.25, 0.3) is 0 Å². The topological polar surface area (TPSA) is 87.4 Å². The van der Waals surface area contributed by atoms with Gasteiger partial charge in [-0.25, -0.2) is 0 Å². The lowest BCUT2D eigenvalue weighted by Crippen LogP contribution is -2.54. The number of nitrogens with zero attached hydrogens (tertiary/aromatic N) is 1. The number of phenols is 1. The van der Waals surface area contributed by atoms with Crippen LogP contribution in [-0.2, 0) is 26.3 Å². The lowest BCUT2D eigenvalue weighted by atomic mass is 9.55.